The van der Waals surface area contributed by atoms with E-state index in [2.05, 4.69) is 14.4 Å². The SMILES string of the molecule is [CH3-].[Cl][Ru+3].[NH-]C(c1ccccc1)C([N-]S(=O)(=O)Cc1ccccc1OCc1ccccc1)c1ccccc1. The van der Waals surface area contributed by atoms with Gasteiger partial charge >= 0.3 is 27.0 Å². The van der Waals surface area contributed by atoms with Crippen LogP contribution in [0.4, 0.5) is 0 Å². The fourth-order valence-electron chi connectivity index (χ4n) is 3.71. The first-order chi connectivity index (χ1) is 17.5. The number of nitrogens with zero attached hydrogens (tertiary/aromatic N) is 1. The van der Waals surface area contributed by atoms with Crippen molar-refractivity contribution in [3.63, 3.8) is 0 Å². The summed E-state index contributed by atoms with van der Waals surface area (Å²) in [7, 11) is 0.653. The van der Waals surface area contributed by atoms with Crippen molar-refractivity contribution in [2.45, 2.75) is 24.4 Å². The first-order valence-electron chi connectivity index (χ1n) is 11.2. The maximum Gasteiger partial charge on any atom is 0.123 e. The Morgan fingerprint density at radius 3 is 1.84 bits per heavy atom. The van der Waals surface area contributed by atoms with Gasteiger partial charge in [0.2, 0.25) is 0 Å². The summed E-state index contributed by atoms with van der Waals surface area (Å²) in [5.41, 5.74) is 11.7. The fraction of sp³-hybridized carbons (Fsp3) is 0.138. The largest absolute Gasteiger partial charge is 0.672 e. The molecule has 0 fully saturated rings. The molecule has 0 aliphatic carbocycles. The summed E-state index contributed by atoms with van der Waals surface area (Å²) >= 11 is 1.82. The van der Waals surface area contributed by atoms with Gasteiger partial charge in [0.25, 0.3) is 0 Å². The van der Waals surface area contributed by atoms with E-state index >= 15 is 0 Å². The van der Waals surface area contributed by atoms with E-state index in [-0.39, 0.29) is 13.2 Å². The van der Waals surface area contributed by atoms with Crippen molar-refractivity contribution in [1.82, 2.24) is 0 Å². The molecule has 0 aliphatic rings. The van der Waals surface area contributed by atoms with Gasteiger partial charge in [-0.25, -0.2) is 8.42 Å². The molecule has 2 unspecified atom stereocenters. The molecule has 194 valence electrons. The molecule has 0 aromatic heterocycles. The molecule has 0 radical (unpaired) electrons. The maximum atomic E-state index is 13.2. The monoisotopic (exact) mass is 622 g/mol. The van der Waals surface area contributed by atoms with Crippen LogP contribution in [0.2, 0.25) is 0 Å². The smallest absolute Gasteiger partial charge is 0.123 e. The second-order valence-electron chi connectivity index (χ2n) is 7.96. The van der Waals surface area contributed by atoms with E-state index in [1.54, 1.807) is 18.2 Å². The van der Waals surface area contributed by atoms with Crippen LogP contribution in [-0.4, -0.2) is 8.42 Å². The molecule has 0 amide bonds. The van der Waals surface area contributed by atoms with E-state index in [1.165, 1.54) is 0 Å². The van der Waals surface area contributed by atoms with E-state index in [0.717, 1.165) is 5.56 Å². The predicted octanol–water partition coefficient (Wildman–Crippen LogP) is 8.14. The molecule has 8 heteroatoms. The Morgan fingerprint density at radius 1 is 0.757 bits per heavy atom. The van der Waals surface area contributed by atoms with E-state index in [4.69, 9.17) is 10.5 Å². The van der Waals surface area contributed by atoms with Crippen molar-refractivity contribution >= 4 is 19.7 Å². The van der Waals surface area contributed by atoms with Crippen molar-refractivity contribution < 1.29 is 30.5 Å². The van der Waals surface area contributed by atoms with Crippen molar-refractivity contribution in [2.75, 3.05) is 0 Å². The number of benzene rings is 4. The Labute approximate surface area is 234 Å². The molecule has 0 saturated carbocycles. The average molecular weight is 622 g/mol. The fourth-order valence-corrected chi connectivity index (χ4v) is 5.01. The van der Waals surface area contributed by atoms with Crippen molar-refractivity contribution in [3.8, 4) is 5.75 Å². The van der Waals surface area contributed by atoms with E-state index in [1.807, 2.05) is 114 Å². The van der Waals surface area contributed by atoms with Crippen LogP contribution in [0.5, 0.6) is 5.75 Å². The van der Waals surface area contributed by atoms with Crippen LogP contribution in [0, 0.1) is 7.43 Å². The topological polar surface area (TPSA) is 81.3 Å². The number of para-hydroxylation sites is 1. The zero-order valence-corrected chi connectivity index (χ0v) is 23.7. The summed E-state index contributed by atoms with van der Waals surface area (Å²) in [6, 6.07) is 33.4. The third-order valence-corrected chi connectivity index (χ3v) is 6.66. The van der Waals surface area contributed by atoms with Crippen molar-refractivity contribution in [2.24, 2.45) is 0 Å². The van der Waals surface area contributed by atoms with Gasteiger partial charge < -0.3 is 22.6 Å². The molecule has 0 saturated heterocycles. The quantitative estimate of drug-likeness (QED) is 0.132. The molecule has 4 aromatic carbocycles. The number of sulfonamides is 1. The van der Waals surface area contributed by atoms with Crippen LogP contribution < -0.4 is 4.74 Å². The third kappa shape index (κ3) is 9.37. The number of halogens is 1. The molecule has 37 heavy (non-hydrogen) atoms. The Bertz CT molecular complexity index is 1290. The maximum absolute atomic E-state index is 13.2. The Balaban J connectivity index is 0.00000157. The molecule has 4 rings (SSSR count). The normalized spacial score (nSPS) is 12.3. The molecule has 1 N–H and O–H groups in total. The van der Waals surface area contributed by atoms with Gasteiger partial charge in [-0.05, 0) is 11.6 Å². The van der Waals surface area contributed by atoms with E-state index < -0.39 is 22.1 Å². The van der Waals surface area contributed by atoms with Crippen LogP contribution in [0.15, 0.2) is 115 Å². The molecule has 0 bridgehead atoms. The van der Waals surface area contributed by atoms with Gasteiger partial charge in [0.05, 0.1) is 15.8 Å². The van der Waals surface area contributed by atoms with Crippen molar-refractivity contribution in [1.29, 1.82) is 0 Å². The summed E-state index contributed by atoms with van der Waals surface area (Å²) in [6.45, 7) is 0.338. The predicted molar refractivity (Wildman–Crippen MR) is 148 cm³/mol. The minimum Gasteiger partial charge on any atom is -0.672 e. The minimum absolute atomic E-state index is 0. The molecule has 5 nitrogen and oxygen atoms in total. The van der Waals surface area contributed by atoms with Crippen LogP contribution in [0.3, 0.4) is 0 Å². The number of rotatable bonds is 10. The molecule has 4 aromatic rings. The summed E-state index contributed by atoms with van der Waals surface area (Å²) in [5.74, 6) is 0.204. The molecule has 0 spiro atoms. The summed E-state index contributed by atoms with van der Waals surface area (Å²) in [6.07, 6.45) is 0. The van der Waals surface area contributed by atoms with E-state index in [9.17, 15) is 8.42 Å². The summed E-state index contributed by atoms with van der Waals surface area (Å²) < 4.78 is 36.7. The van der Waals surface area contributed by atoms with Crippen LogP contribution in [-0.2, 0) is 39.7 Å². The first-order valence-corrected chi connectivity index (χ1v) is 15.0. The average Bonchev–Trinajstić information content (AvgIpc) is 2.93. The minimum atomic E-state index is -3.92. The molecular weight excluding hydrogens is 593 g/mol. The first kappa shape index (κ1) is 30.7. The Morgan fingerprint density at radius 2 is 1.24 bits per heavy atom. The van der Waals surface area contributed by atoms with Gasteiger partial charge in [0.1, 0.15) is 12.4 Å². The van der Waals surface area contributed by atoms with Gasteiger partial charge in [-0.2, -0.15) is 0 Å². The zero-order chi connectivity index (χ0) is 25.8. The number of hydrogen-bond acceptors (Lipinski definition) is 3. The van der Waals surface area contributed by atoms with Gasteiger partial charge in [-0.1, -0.05) is 120 Å². The van der Waals surface area contributed by atoms with Crippen LogP contribution in [0.1, 0.15) is 34.3 Å². The number of ether oxygens (including phenoxy) is 1. The van der Waals surface area contributed by atoms with Crippen molar-refractivity contribution in [3.05, 3.63) is 155 Å². The second-order valence-corrected chi connectivity index (χ2v) is 9.62. The molecular formula is C29H29ClN2O3RuS. The second kappa shape index (κ2) is 15.7. The van der Waals surface area contributed by atoms with E-state index in [0.29, 0.717) is 29.0 Å². The molecule has 0 aliphatic heterocycles. The standard InChI is InChI=1S/C28H26N2O3S.CH3.ClH.Ru/c29-27(23-14-6-2-7-15-23)28(24-16-8-3-9-17-24)30-34(31,32)21-25-18-10-11-19-26(25)33-20-22-12-4-1-5-13-22;;;/h1-19,27-29H,20-21H2;1H3;1H;/q-2;-1;;+4/p-1. The van der Waals surface area contributed by atoms with Crippen LogP contribution in [0.25, 0.3) is 10.5 Å². The summed E-state index contributed by atoms with van der Waals surface area (Å²) in [5, 5.41) is 0. The Hall–Kier alpha value is -2.54. The third-order valence-electron chi connectivity index (χ3n) is 5.44. The summed E-state index contributed by atoms with van der Waals surface area (Å²) in [4.78, 5) is 0. The van der Waals surface area contributed by atoms with Gasteiger partial charge in [-0.15, -0.1) is 12.1 Å². The molecule has 2 atom stereocenters. The van der Waals surface area contributed by atoms with Gasteiger partial charge in [0, 0.05) is 5.56 Å². The van der Waals surface area contributed by atoms with Gasteiger partial charge in [0.15, 0.2) is 0 Å². The number of nitrogens with one attached hydrogen (secondary N) is 1. The molecule has 0 heterocycles. The zero-order valence-electron chi connectivity index (χ0n) is 20.4. The Kier molecular flexibility index (Phi) is 13.0. The number of hydrogen-bond donors (Lipinski definition) is 0. The van der Waals surface area contributed by atoms with Crippen LogP contribution >= 0.6 is 9.69 Å². The van der Waals surface area contributed by atoms with Gasteiger partial charge in [-0.3, -0.25) is 0 Å².